The van der Waals surface area contributed by atoms with Gasteiger partial charge in [0, 0.05) is 31.1 Å². The maximum absolute atomic E-state index is 13.1. The Labute approximate surface area is 147 Å². The van der Waals surface area contributed by atoms with Crippen LogP contribution < -0.4 is 11.1 Å². The highest BCUT2D eigenvalue weighted by Crippen LogP contribution is 2.49. The van der Waals surface area contributed by atoms with Crippen LogP contribution in [0, 0.1) is 17.0 Å². The highest BCUT2D eigenvalue weighted by molar-refractivity contribution is 5.88. The Balaban J connectivity index is 0.00000288. The molecule has 0 spiro atoms. The van der Waals surface area contributed by atoms with Crippen LogP contribution in [0.25, 0.3) is 0 Å². The van der Waals surface area contributed by atoms with Gasteiger partial charge in [0.1, 0.15) is 17.2 Å². The van der Waals surface area contributed by atoms with Gasteiger partial charge in [-0.3, -0.25) is 4.79 Å². The van der Waals surface area contributed by atoms with Crippen LogP contribution in [0.4, 0.5) is 8.78 Å². The summed E-state index contributed by atoms with van der Waals surface area (Å²) in [5.41, 5.74) is 5.31. The molecular formula is C17H25ClF2N2O2. The summed E-state index contributed by atoms with van der Waals surface area (Å²) in [4.78, 5) is 12.4. The fraction of sp³-hybridized carbons (Fsp3) is 0.588. The smallest absolute Gasteiger partial charge is 0.240 e. The summed E-state index contributed by atoms with van der Waals surface area (Å²) < 4.78 is 31.8. The van der Waals surface area contributed by atoms with Crippen LogP contribution in [0.3, 0.4) is 0 Å². The van der Waals surface area contributed by atoms with Crippen molar-refractivity contribution in [3.63, 3.8) is 0 Å². The summed E-state index contributed by atoms with van der Waals surface area (Å²) in [6.07, 6.45) is 0.764. The maximum Gasteiger partial charge on any atom is 0.240 e. The summed E-state index contributed by atoms with van der Waals surface area (Å²) in [5.74, 6) is -1.50. The Morgan fingerprint density at radius 2 is 1.92 bits per heavy atom. The molecule has 1 aromatic rings. The molecule has 0 heterocycles. The molecule has 0 bridgehead atoms. The summed E-state index contributed by atoms with van der Waals surface area (Å²) in [5, 5.41) is 2.77. The van der Waals surface area contributed by atoms with Crippen molar-refractivity contribution in [3.8, 4) is 0 Å². The minimum absolute atomic E-state index is 0. The lowest BCUT2D eigenvalue weighted by Gasteiger charge is -2.57. The third-order valence-corrected chi connectivity index (χ3v) is 4.86. The van der Waals surface area contributed by atoms with Crippen LogP contribution in [-0.4, -0.2) is 30.7 Å². The van der Waals surface area contributed by atoms with Gasteiger partial charge in [0.15, 0.2) is 0 Å². The van der Waals surface area contributed by atoms with Crippen molar-refractivity contribution in [2.45, 2.75) is 45.3 Å². The number of rotatable bonds is 6. The van der Waals surface area contributed by atoms with Crippen LogP contribution in [0.15, 0.2) is 18.2 Å². The lowest BCUT2D eigenvalue weighted by Crippen LogP contribution is -2.75. The fourth-order valence-corrected chi connectivity index (χ4v) is 3.05. The average molecular weight is 363 g/mol. The second-order valence-corrected chi connectivity index (χ2v) is 6.62. The number of benzene rings is 1. The van der Waals surface area contributed by atoms with E-state index in [2.05, 4.69) is 5.32 Å². The lowest BCUT2D eigenvalue weighted by atomic mass is 9.54. The van der Waals surface area contributed by atoms with Gasteiger partial charge in [-0.05, 0) is 31.0 Å². The van der Waals surface area contributed by atoms with Gasteiger partial charge < -0.3 is 15.8 Å². The number of nitrogens with one attached hydrogen (secondary N) is 1. The number of carbonyl (C=O) groups is 1. The lowest BCUT2D eigenvalue weighted by molar-refractivity contribution is -0.170. The molecule has 7 heteroatoms. The van der Waals surface area contributed by atoms with Crippen LogP contribution in [-0.2, 0) is 16.0 Å². The first-order chi connectivity index (χ1) is 10.7. The molecule has 1 fully saturated rings. The van der Waals surface area contributed by atoms with Gasteiger partial charge in [-0.15, -0.1) is 12.4 Å². The molecule has 1 aliphatic carbocycles. The predicted molar refractivity (Wildman–Crippen MR) is 91.1 cm³/mol. The molecule has 1 saturated carbocycles. The van der Waals surface area contributed by atoms with E-state index >= 15 is 0 Å². The largest absolute Gasteiger partial charge is 0.378 e. The molecule has 1 amide bonds. The monoisotopic (exact) mass is 362 g/mol. The molecule has 136 valence electrons. The van der Waals surface area contributed by atoms with E-state index in [1.165, 1.54) is 12.1 Å². The first-order valence-electron chi connectivity index (χ1n) is 7.84. The Kier molecular flexibility index (Phi) is 6.73. The van der Waals surface area contributed by atoms with E-state index in [9.17, 15) is 13.6 Å². The zero-order valence-corrected chi connectivity index (χ0v) is 15.0. The van der Waals surface area contributed by atoms with Crippen molar-refractivity contribution in [3.05, 3.63) is 35.4 Å². The van der Waals surface area contributed by atoms with E-state index in [0.717, 1.165) is 6.07 Å². The molecule has 0 saturated heterocycles. The summed E-state index contributed by atoms with van der Waals surface area (Å²) in [6, 6.07) is 3.33. The van der Waals surface area contributed by atoms with Crippen molar-refractivity contribution >= 4 is 18.3 Å². The molecule has 1 aromatic carbocycles. The molecule has 2 atom stereocenters. The number of amides is 1. The number of halogens is 3. The van der Waals surface area contributed by atoms with E-state index in [1.54, 1.807) is 0 Å². The third-order valence-electron chi connectivity index (χ3n) is 4.86. The molecule has 0 aromatic heterocycles. The first kappa shape index (κ1) is 20.8. The van der Waals surface area contributed by atoms with Gasteiger partial charge in [0.25, 0.3) is 0 Å². The fourth-order valence-electron chi connectivity index (χ4n) is 3.05. The third kappa shape index (κ3) is 3.87. The van der Waals surface area contributed by atoms with Crippen LogP contribution in [0.2, 0.25) is 0 Å². The average Bonchev–Trinajstić information content (AvgIpc) is 2.45. The van der Waals surface area contributed by atoms with Crippen molar-refractivity contribution in [2.24, 2.45) is 11.1 Å². The summed E-state index contributed by atoms with van der Waals surface area (Å²) in [6.45, 7) is 6.59. The predicted octanol–water partition coefficient (Wildman–Crippen LogP) is 2.58. The van der Waals surface area contributed by atoms with Gasteiger partial charge in [0.05, 0.1) is 6.10 Å². The second kappa shape index (κ2) is 7.76. The van der Waals surface area contributed by atoms with E-state index in [0.29, 0.717) is 25.0 Å². The highest BCUT2D eigenvalue weighted by atomic mass is 35.5. The number of nitrogens with two attached hydrogens (primary N) is 1. The number of ether oxygens (including phenoxy) is 1. The molecule has 0 radical (unpaired) electrons. The van der Waals surface area contributed by atoms with Gasteiger partial charge in [-0.2, -0.15) is 0 Å². The maximum atomic E-state index is 13.1. The SMILES string of the molecule is CCOC1CC(N)(C(=O)NCCc2cc(F)cc(F)c2)C1(C)C.Cl. The van der Waals surface area contributed by atoms with Gasteiger partial charge in [-0.25, -0.2) is 8.78 Å². The molecular weight excluding hydrogens is 338 g/mol. The van der Waals surface area contributed by atoms with E-state index in [-0.39, 0.29) is 31.0 Å². The Morgan fingerprint density at radius 1 is 1.33 bits per heavy atom. The van der Waals surface area contributed by atoms with E-state index in [1.807, 2.05) is 20.8 Å². The second-order valence-electron chi connectivity index (χ2n) is 6.62. The van der Waals surface area contributed by atoms with E-state index < -0.39 is 22.6 Å². The normalized spacial score (nSPS) is 24.7. The number of hydrogen-bond donors (Lipinski definition) is 2. The van der Waals surface area contributed by atoms with Gasteiger partial charge in [-0.1, -0.05) is 13.8 Å². The van der Waals surface area contributed by atoms with E-state index in [4.69, 9.17) is 10.5 Å². The highest BCUT2D eigenvalue weighted by Gasteiger charge is 2.62. The molecule has 4 nitrogen and oxygen atoms in total. The number of hydrogen-bond acceptors (Lipinski definition) is 3. The molecule has 24 heavy (non-hydrogen) atoms. The zero-order chi connectivity index (χ0) is 17.3. The summed E-state index contributed by atoms with van der Waals surface area (Å²) >= 11 is 0. The van der Waals surface area contributed by atoms with Crippen LogP contribution in [0.5, 0.6) is 0 Å². The van der Waals surface area contributed by atoms with Gasteiger partial charge >= 0.3 is 0 Å². The Morgan fingerprint density at radius 3 is 2.42 bits per heavy atom. The zero-order valence-electron chi connectivity index (χ0n) is 14.2. The minimum atomic E-state index is -0.986. The van der Waals surface area contributed by atoms with Crippen molar-refractivity contribution in [1.29, 1.82) is 0 Å². The Hall–Kier alpha value is -1.24. The minimum Gasteiger partial charge on any atom is -0.378 e. The Bertz CT molecular complexity index is 578. The van der Waals surface area contributed by atoms with Crippen LogP contribution >= 0.6 is 12.4 Å². The standard InChI is InChI=1S/C17H24F2N2O2.ClH/c1-4-23-14-10-17(20,16(14,2)3)15(22)21-6-5-11-7-12(18)9-13(19)8-11;/h7-9,14H,4-6,10,20H2,1-3H3,(H,21,22);1H. The first-order valence-corrected chi connectivity index (χ1v) is 7.84. The molecule has 1 aliphatic rings. The van der Waals surface area contributed by atoms with Gasteiger partial charge in [0.2, 0.25) is 5.91 Å². The summed E-state index contributed by atoms with van der Waals surface area (Å²) in [7, 11) is 0. The van der Waals surface area contributed by atoms with Crippen molar-refractivity contribution in [2.75, 3.05) is 13.2 Å². The van der Waals surface area contributed by atoms with Crippen molar-refractivity contribution < 1.29 is 18.3 Å². The quantitative estimate of drug-likeness (QED) is 0.817. The molecule has 2 unspecified atom stereocenters. The number of carbonyl (C=O) groups excluding carboxylic acids is 1. The van der Waals surface area contributed by atoms with Crippen LogP contribution in [0.1, 0.15) is 32.8 Å². The topological polar surface area (TPSA) is 64.3 Å². The molecule has 2 rings (SSSR count). The molecule has 3 N–H and O–H groups in total. The van der Waals surface area contributed by atoms with Crippen molar-refractivity contribution in [1.82, 2.24) is 5.32 Å². The molecule has 0 aliphatic heterocycles.